The van der Waals surface area contributed by atoms with Gasteiger partial charge in [0.15, 0.2) is 0 Å². The molecule has 0 aliphatic heterocycles. The molecule has 0 saturated heterocycles. The minimum Gasteiger partial charge on any atom is -0.0784 e. The summed E-state index contributed by atoms with van der Waals surface area (Å²) in [5.74, 6) is 0. The van der Waals surface area contributed by atoms with E-state index in [0.29, 0.717) is 11.1 Å². The first-order valence-corrected chi connectivity index (χ1v) is 7.80. The summed E-state index contributed by atoms with van der Waals surface area (Å²) >= 11 is 35.8. The molecule has 0 unspecified atom stereocenters. The van der Waals surface area contributed by atoms with Crippen LogP contribution in [-0.4, -0.2) is 0 Å². The Morgan fingerprint density at radius 3 is 1.75 bits per heavy atom. The highest BCUT2D eigenvalue weighted by atomic mass is 35.6. The second kappa shape index (κ2) is 6.12. The van der Waals surface area contributed by atoms with Crippen molar-refractivity contribution in [2.45, 2.75) is 7.59 Å². The van der Waals surface area contributed by atoms with E-state index >= 15 is 0 Å². The normalized spacial score (nSPS) is 12.5. The molecule has 0 atom stereocenters. The van der Waals surface area contributed by atoms with Crippen molar-refractivity contribution in [3.8, 4) is 11.1 Å². The Bertz CT molecular complexity index is 595. The molecule has 0 N–H and O–H groups in total. The van der Waals surface area contributed by atoms with E-state index in [1.165, 1.54) is 0 Å². The van der Waals surface area contributed by atoms with Crippen molar-refractivity contribution in [3.63, 3.8) is 0 Å². The molecule has 0 nitrogen and oxygen atoms in total. The molecule has 0 fully saturated rings. The first kappa shape index (κ1) is 16.5. The summed E-state index contributed by atoms with van der Waals surface area (Å²) in [4.78, 5) is 0. The predicted molar refractivity (Wildman–Crippen MR) is 90.4 cm³/mol. The van der Waals surface area contributed by atoms with E-state index in [4.69, 9.17) is 69.6 Å². The third-order valence-corrected chi connectivity index (χ3v) is 4.00. The zero-order valence-corrected chi connectivity index (χ0v) is 14.4. The molecule has 2 rings (SSSR count). The molecule has 20 heavy (non-hydrogen) atoms. The number of hydrogen-bond donors (Lipinski definition) is 0. The van der Waals surface area contributed by atoms with Crippen LogP contribution in [0.1, 0.15) is 11.1 Å². The van der Waals surface area contributed by atoms with Gasteiger partial charge in [-0.05, 0) is 17.2 Å². The van der Waals surface area contributed by atoms with Crippen molar-refractivity contribution >= 4 is 69.6 Å². The second-order valence-electron chi connectivity index (χ2n) is 4.12. The van der Waals surface area contributed by atoms with E-state index in [2.05, 4.69) is 0 Å². The van der Waals surface area contributed by atoms with Gasteiger partial charge in [0.25, 0.3) is 0 Å². The summed E-state index contributed by atoms with van der Waals surface area (Å²) in [5, 5.41) is 0. The van der Waals surface area contributed by atoms with E-state index in [9.17, 15) is 0 Å². The topological polar surface area (TPSA) is 0 Å². The first-order valence-electron chi connectivity index (χ1n) is 5.53. The minimum absolute atomic E-state index is 0.513. The predicted octanol–water partition coefficient (Wildman–Crippen LogP) is 7.01. The molecule has 2 aromatic rings. The first-order chi connectivity index (χ1) is 9.19. The van der Waals surface area contributed by atoms with Crippen LogP contribution in [0.15, 0.2) is 48.5 Å². The molecule has 0 aromatic heterocycles. The summed E-state index contributed by atoms with van der Waals surface area (Å²) < 4.78 is -3.09. The molecule has 0 radical (unpaired) electrons. The highest BCUT2D eigenvalue weighted by Crippen LogP contribution is 2.46. The number of rotatable bonds is 1. The maximum atomic E-state index is 6.01. The number of halogens is 6. The maximum Gasteiger partial charge on any atom is 0.216 e. The van der Waals surface area contributed by atoms with Crippen LogP contribution in [-0.2, 0) is 7.59 Å². The van der Waals surface area contributed by atoms with Crippen LogP contribution in [0.2, 0.25) is 0 Å². The van der Waals surface area contributed by atoms with Crippen molar-refractivity contribution in [1.29, 1.82) is 0 Å². The summed E-state index contributed by atoms with van der Waals surface area (Å²) in [6.07, 6.45) is 0. The molecule has 2 aromatic carbocycles. The fourth-order valence-corrected chi connectivity index (χ4v) is 2.67. The summed E-state index contributed by atoms with van der Waals surface area (Å²) in [5.41, 5.74) is 2.64. The SMILES string of the molecule is ClC(Cl)(Cl)c1ccc(C(Cl)(Cl)Cl)c(-c2ccccc2)c1. The van der Waals surface area contributed by atoms with Crippen molar-refractivity contribution in [1.82, 2.24) is 0 Å². The Kier molecular flexibility index (Phi) is 5.07. The molecular weight excluding hydrogens is 381 g/mol. The van der Waals surface area contributed by atoms with Gasteiger partial charge in [-0.1, -0.05) is 112 Å². The van der Waals surface area contributed by atoms with Gasteiger partial charge in [0, 0.05) is 11.1 Å². The lowest BCUT2D eigenvalue weighted by Crippen LogP contribution is -2.07. The highest BCUT2D eigenvalue weighted by molar-refractivity contribution is 6.67. The zero-order valence-electron chi connectivity index (χ0n) is 9.89. The zero-order chi connectivity index (χ0) is 15.0. The lowest BCUT2D eigenvalue weighted by Gasteiger charge is -2.20. The van der Waals surface area contributed by atoms with Gasteiger partial charge in [-0.25, -0.2) is 0 Å². The molecular formula is C14H8Cl6. The lowest BCUT2D eigenvalue weighted by molar-refractivity contribution is 1.19. The number of hydrogen-bond acceptors (Lipinski definition) is 0. The van der Waals surface area contributed by atoms with Crippen molar-refractivity contribution in [3.05, 3.63) is 59.7 Å². The van der Waals surface area contributed by atoms with Crippen LogP contribution in [0.5, 0.6) is 0 Å². The van der Waals surface area contributed by atoms with Crippen LogP contribution in [0.25, 0.3) is 11.1 Å². The summed E-state index contributed by atoms with van der Waals surface area (Å²) in [6, 6.07) is 14.5. The molecule has 6 heteroatoms. The largest absolute Gasteiger partial charge is 0.216 e. The Labute approximate surface area is 147 Å². The van der Waals surface area contributed by atoms with Gasteiger partial charge in [-0.2, -0.15) is 0 Å². The molecule has 0 saturated carbocycles. The van der Waals surface area contributed by atoms with Crippen LogP contribution in [0, 0.1) is 0 Å². The van der Waals surface area contributed by atoms with Gasteiger partial charge < -0.3 is 0 Å². The summed E-state index contributed by atoms with van der Waals surface area (Å²) in [6.45, 7) is 0. The molecule has 106 valence electrons. The van der Waals surface area contributed by atoms with E-state index in [1.807, 2.05) is 30.3 Å². The van der Waals surface area contributed by atoms with Gasteiger partial charge in [0.1, 0.15) is 0 Å². The Balaban J connectivity index is 2.67. The molecule has 0 amide bonds. The van der Waals surface area contributed by atoms with Crippen LogP contribution in [0.3, 0.4) is 0 Å². The third kappa shape index (κ3) is 3.88. The third-order valence-electron chi connectivity index (χ3n) is 2.74. The van der Waals surface area contributed by atoms with E-state index in [1.54, 1.807) is 18.2 Å². The van der Waals surface area contributed by atoms with Crippen molar-refractivity contribution in [2.75, 3.05) is 0 Å². The Hall–Kier alpha value is 0.180. The fraction of sp³-hybridized carbons (Fsp3) is 0.143. The van der Waals surface area contributed by atoms with Gasteiger partial charge >= 0.3 is 0 Å². The lowest BCUT2D eigenvalue weighted by atomic mass is 9.98. The van der Waals surface area contributed by atoms with Gasteiger partial charge in [-0.3, -0.25) is 0 Å². The van der Waals surface area contributed by atoms with Crippen LogP contribution < -0.4 is 0 Å². The van der Waals surface area contributed by atoms with Crippen molar-refractivity contribution < 1.29 is 0 Å². The van der Waals surface area contributed by atoms with E-state index in [-0.39, 0.29) is 0 Å². The highest BCUT2D eigenvalue weighted by Gasteiger charge is 2.30. The molecule has 0 aliphatic rings. The molecule has 0 spiro atoms. The van der Waals surface area contributed by atoms with Crippen molar-refractivity contribution in [2.24, 2.45) is 0 Å². The quantitative estimate of drug-likeness (QED) is 0.461. The Morgan fingerprint density at radius 1 is 0.650 bits per heavy atom. The smallest absolute Gasteiger partial charge is 0.0784 e. The van der Waals surface area contributed by atoms with Crippen LogP contribution >= 0.6 is 69.6 Å². The van der Waals surface area contributed by atoms with Gasteiger partial charge in [-0.15, -0.1) is 0 Å². The monoisotopic (exact) mass is 386 g/mol. The Morgan fingerprint density at radius 2 is 1.25 bits per heavy atom. The van der Waals surface area contributed by atoms with Crippen LogP contribution in [0.4, 0.5) is 0 Å². The van der Waals surface area contributed by atoms with Gasteiger partial charge in [0.2, 0.25) is 7.59 Å². The standard InChI is InChI=1S/C14H8Cl6/c15-13(16,17)10-6-7-12(14(18,19)20)11(8-10)9-4-2-1-3-5-9/h1-8H. The average Bonchev–Trinajstić information content (AvgIpc) is 2.37. The number of alkyl halides is 6. The summed E-state index contributed by atoms with van der Waals surface area (Å²) in [7, 11) is 0. The minimum atomic E-state index is -1.56. The maximum absolute atomic E-state index is 6.01. The second-order valence-corrected chi connectivity index (χ2v) is 8.68. The molecule has 0 bridgehead atoms. The van der Waals surface area contributed by atoms with Gasteiger partial charge in [0.05, 0.1) is 0 Å². The molecule has 0 aliphatic carbocycles. The molecule has 0 heterocycles. The van der Waals surface area contributed by atoms with E-state index < -0.39 is 7.59 Å². The van der Waals surface area contributed by atoms with E-state index in [0.717, 1.165) is 11.1 Å². The fourth-order valence-electron chi connectivity index (χ4n) is 1.82. The average molecular weight is 389 g/mol. The number of benzene rings is 2.